The van der Waals surface area contributed by atoms with Crippen LogP contribution in [0.5, 0.6) is 0 Å². The smallest absolute Gasteiger partial charge is 0.253 e. The van der Waals surface area contributed by atoms with Gasteiger partial charge in [0.15, 0.2) is 0 Å². The van der Waals surface area contributed by atoms with E-state index in [-0.39, 0.29) is 17.7 Å². The Balaban J connectivity index is 1.48. The standard InChI is InChI=1S/C19H20ClN3O2/c20-17-3-1-16(2-4-17)19(25)23-11-7-15(8-12-23)18(24)22-13-14-5-9-21-10-6-14/h1-6,9-10,15H,7-8,11-13H2,(H,22,24). The van der Waals surface area contributed by atoms with Crippen LogP contribution in [-0.2, 0) is 11.3 Å². The number of hydrogen-bond donors (Lipinski definition) is 1. The number of carbonyl (C=O) groups excluding carboxylic acids is 2. The summed E-state index contributed by atoms with van der Waals surface area (Å²) < 4.78 is 0. The van der Waals surface area contributed by atoms with Crippen LogP contribution in [0.3, 0.4) is 0 Å². The van der Waals surface area contributed by atoms with E-state index in [2.05, 4.69) is 10.3 Å². The van der Waals surface area contributed by atoms with Crippen LogP contribution < -0.4 is 5.32 Å². The van der Waals surface area contributed by atoms with Gasteiger partial charge < -0.3 is 10.2 Å². The molecule has 1 aliphatic heterocycles. The molecule has 2 aromatic rings. The fourth-order valence-corrected chi connectivity index (χ4v) is 3.08. The zero-order valence-electron chi connectivity index (χ0n) is 13.8. The van der Waals surface area contributed by atoms with Gasteiger partial charge in [-0.2, -0.15) is 0 Å². The molecule has 2 amide bonds. The lowest BCUT2D eigenvalue weighted by Crippen LogP contribution is -2.42. The van der Waals surface area contributed by atoms with Gasteiger partial charge in [0, 0.05) is 48.5 Å². The number of pyridine rings is 1. The van der Waals surface area contributed by atoms with Gasteiger partial charge in [-0.15, -0.1) is 0 Å². The summed E-state index contributed by atoms with van der Waals surface area (Å²) in [5.74, 6) is -0.00109. The first-order chi connectivity index (χ1) is 12.1. The second-order valence-corrected chi connectivity index (χ2v) is 6.58. The number of hydrogen-bond acceptors (Lipinski definition) is 3. The largest absolute Gasteiger partial charge is 0.352 e. The summed E-state index contributed by atoms with van der Waals surface area (Å²) in [4.78, 5) is 30.5. The minimum Gasteiger partial charge on any atom is -0.352 e. The van der Waals surface area contributed by atoms with E-state index in [0.717, 1.165) is 5.56 Å². The highest BCUT2D eigenvalue weighted by atomic mass is 35.5. The number of rotatable bonds is 4. The van der Waals surface area contributed by atoms with E-state index in [4.69, 9.17) is 11.6 Å². The number of benzene rings is 1. The summed E-state index contributed by atoms with van der Waals surface area (Å²) in [5, 5.41) is 3.58. The summed E-state index contributed by atoms with van der Waals surface area (Å²) >= 11 is 5.86. The summed E-state index contributed by atoms with van der Waals surface area (Å²) in [6.45, 7) is 1.69. The van der Waals surface area contributed by atoms with Crippen molar-refractivity contribution < 1.29 is 9.59 Å². The monoisotopic (exact) mass is 357 g/mol. The fourth-order valence-electron chi connectivity index (χ4n) is 2.95. The minimum atomic E-state index is -0.0453. The van der Waals surface area contributed by atoms with E-state index in [1.54, 1.807) is 41.6 Å². The average molecular weight is 358 g/mol. The Hall–Kier alpha value is -2.40. The number of nitrogens with one attached hydrogen (secondary N) is 1. The minimum absolute atomic E-state index is 0.00712. The number of carbonyl (C=O) groups is 2. The topological polar surface area (TPSA) is 62.3 Å². The van der Waals surface area contributed by atoms with Gasteiger partial charge in [-0.1, -0.05) is 11.6 Å². The quantitative estimate of drug-likeness (QED) is 0.915. The van der Waals surface area contributed by atoms with Crippen LogP contribution in [-0.4, -0.2) is 34.8 Å². The Morgan fingerprint density at radius 2 is 1.72 bits per heavy atom. The molecule has 0 saturated carbocycles. The van der Waals surface area contributed by atoms with Crippen molar-refractivity contribution in [2.45, 2.75) is 19.4 Å². The van der Waals surface area contributed by atoms with Crippen molar-refractivity contribution in [2.75, 3.05) is 13.1 Å². The summed E-state index contributed by atoms with van der Waals surface area (Å²) in [6.07, 6.45) is 4.79. The predicted octanol–water partition coefficient (Wildman–Crippen LogP) is 2.90. The Morgan fingerprint density at radius 3 is 2.36 bits per heavy atom. The van der Waals surface area contributed by atoms with Gasteiger partial charge in [0.05, 0.1) is 0 Å². The lowest BCUT2D eigenvalue weighted by Gasteiger charge is -2.31. The molecule has 0 aliphatic carbocycles. The van der Waals surface area contributed by atoms with Crippen molar-refractivity contribution in [3.8, 4) is 0 Å². The molecule has 0 radical (unpaired) electrons. The molecule has 1 aromatic heterocycles. The first kappa shape index (κ1) is 17.4. The molecule has 1 saturated heterocycles. The van der Waals surface area contributed by atoms with Crippen molar-refractivity contribution >= 4 is 23.4 Å². The van der Waals surface area contributed by atoms with Crippen LogP contribution in [0.25, 0.3) is 0 Å². The molecule has 130 valence electrons. The molecule has 1 N–H and O–H groups in total. The molecule has 2 heterocycles. The highest BCUT2D eigenvalue weighted by molar-refractivity contribution is 6.30. The van der Waals surface area contributed by atoms with E-state index in [0.29, 0.717) is 43.1 Å². The van der Waals surface area contributed by atoms with Gasteiger partial charge in [-0.25, -0.2) is 0 Å². The van der Waals surface area contributed by atoms with Crippen LogP contribution in [0.15, 0.2) is 48.8 Å². The maximum atomic E-state index is 12.5. The fraction of sp³-hybridized carbons (Fsp3) is 0.316. The molecule has 1 aromatic carbocycles. The van der Waals surface area contributed by atoms with Gasteiger partial charge in [-0.3, -0.25) is 14.6 Å². The maximum absolute atomic E-state index is 12.5. The van der Waals surface area contributed by atoms with E-state index in [9.17, 15) is 9.59 Å². The van der Waals surface area contributed by atoms with E-state index < -0.39 is 0 Å². The van der Waals surface area contributed by atoms with Crippen LogP contribution in [0.1, 0.15) is 28.8 Å². The molecule has 1 fully saturated rings. The number of piperidine rings is 1. The van der Waals surface area contributed by atoms with Crippen molar-refractivity contribution in [3.63, 3.8) is 0 Å². The normalized spacial score (nSPS) is 15.0. The highest BCUT2D eigenvalue weighted by Gasteiger charge is 2.27. The maximum Gasteiger partial charge on any atom is 0.253 e. The highest BCUT2D eigenvalue weighted by Crippen LogP contribution is 2.20. The number of halogens is 1. The molecule has 0 unspecified atom stereocenters. The predicted molar refractivity (Wildman–Crippen MR) is 96.2 cm³/mol. The lowest BCUT2D eigenvalue weighted by atomic mass is 9.95. The van der Waals surface area contributed by atoms with E-state index in [1.807, 2.05) is 12.1 Å². The number of likely N-dealkylation sites (tertiary alicyclic amines) is 1. The molecule has 1 aliphatic rings. The Labute approximate surface area is 152 Å². The first-order valence-corrected chi connectivity index (χ1v) is 8.73. The zero-order valence-corrected chi connectivity index (χ0v) is 14.6. The zero-order chi connectivity index (χ0) is 17.6. The molecule has 5 nitrogen and oxygen atoms in total. The molecular weight excluding hydrogens is 338 g/mol. The van der Waals surface area contributed by atoms with Gasteiger partial charge in [0.1, 0.15) is 0 Å². The first-order valence-electron chi connectivity index (χ1n) is 8.35. The Morgan fingerprint density at radius 1 is 1.08 bits per heavy atom. The van der Waals surface area contributed by atoms with Crippen molar-refractivity contribution in [3.05, 3.63) is 64.9 Å². The van der Waals surface area contributed by atoms with Crippen molar-refractivity contribution in [2.24, 2.45) is 5.92 Å². The molecular formula is C19H20ClN3O2. The summed E-state index contributed by atoms with van der Waals surface area (Å²) in [5.41, 5.74) is 1.66. The second kappa shape index (κ2) is 8.12. The van der Waals surface area contributed by atoms with E-state index in [1.165, 1.54) is 0 Å². The molecule has 0 bridgehead atoms. The number of amides is 2. The molecule has 0 spiro atoms. The molecule has 6 heteroatoms. The average Bonchev–Trinajstić information content (AvgIpc) is 2.67. The van der Waals surface area contributed by atoms with Crippen molar-refractivity contribution in [1.29, 1.82) is 0 Å². The third-order valence-corrected chi connectivity index (χ3v) is 4.71. The third-order valence-electron chi connectivity index (χ3n) is 4.46. The number of nitrogens with zero attached hydrogens (tertiary/aromatic N) is 2. The van der Waals surface area contributed by atoms with Crippen LogP contribution in [0.4, 0.5) is 0 Å². The lowest BCUT2D eigenvalue weighted by molar-refractivity contribution is -0.126. The molecule has 0 atom stereocenters. The summed E-state index contributed by atoms with van der Waals surface area (Å²) in [7, 11) is 0. The summed E-state index contributed by atoms with van der Waals surface area (Å²) in [6, 6.07) is 10.7. The Kier molecular flexibility index (Phi) is 5.66. The van der Waals surface area contributed by atoms with Gasteiger partial charge >= 0.3 is 0 Å². The van der Waals surface area contributed by atoms with E-state index >= 15 is 0 Å². The molecule has 3 rings (SSSR count). The molecule has 25 heavy (non-hydrogen) atoms. The van der Waals surface area contributed by atoms with Gasteiger partial charge in [-0.05, 0) is 54.8 Å². The van der Waals surface area contributed by atoms with Crippen LogP contribution in [0, 0.1) is 5.92 Å². The Bertz CT molecular complexity index is 726. The van der Waals surface area contributed by atoms with Crippen LogP contribution >= 0.6 is 11.6 Å². The second-order valence-electron chi connectivity index (χ2n) is 6.15. The van der Waals surface area contributed by atoms with Gasteiger partial charge in [0.2, 0.25) is 5.91 Å². The SMILES string of the molecule is O=C(NCc1ccncc1)C1CCN(C(=O)c2ccc(Cl)cc2)CC1. The number of aromatic nitrogens is 1. The van der Waals surface area contributed by atoms with Crippen molar-refractivity contribution in [1.82, 2.24) is 15.2 Å². The van der Waals surface area contributed by atoms with Gasteiger partial charge in [0.25, 0.3) is 5.91 Å². The van der Waals surface area contributed by atoms with Crippen LogP contribution in [0.2, 0.25) is 5.02 Å². The third kappa shape index (κ3) is 4.57.